The molecule has 22 heavy (non-hydrogen) atoms. The van der Waals surface area contributed by atoms with Gasteiger partial charge in [-0.3, -0.25) is 14.5 Å². The Morgan fingerprint density at radius 3 is 2.77 bits per heavy atom. The second-order valence-electron chi connectivity index (χ2n) is 5.49. The van der Waals surface area contributed by atoms with Crippen LogP contribution in [0.3, 0.4) is 0 Å². The van der Waals surface area contributed by atoms with Crippen LogP contribution in [-0.2, 0) is 9.59 Å². The average Bonchev–Trinajstić information content (AvgIpc) is 3.10. The van der Waals surface area contributed by atoms with Crippen molar-refractivity contribution < 1.29 is 14.4 Å². The second-order valence-corrected chi connectivity index (χ2v) is 5.89. The lowest BCUT2D eigenvalue weighted by Gasteiger charge is -2.20. The molecule has 6 nitrogen and oxygen atoms in total. The molecule has 7 heteroatoms. The van der Waals surface area contributed by atoms with E-state index in [0.29, 0.717) is 18.1 Å². The van der Waals surface area contributed by atoms with Crippen molar-refractivity contribution in [3.63, 3.8) is 0 Å². The topological polar surface area (TPSA) is 69.7 Å². The number of likely N-dealkylation sites (tertiary alicyclic amines) is 1. The number of hydrogen-bond donors (Lipinski definition) is 1. The third-order valence-electron chi connectivity index (χ3n) is 4.12. The highest BCUT2D eigenvalue weighted by Gasteiger charge is 2.34. The van der Waals surface area contributed by atoms with E-state index in [2.05, 4.69) is 5.32 Å². The Balaban J connectivity index is 1.63. The van der Waals surface area contributed by atoms with Crippen LogP contribution in [0.1, 0.15) is 17.9 Å². The number of urea groups is 1. The van der Waals surface area contributed by atoms with E-state index < -0.39 is 6.03 Å². The van der Waals surface area contributed by atoms with Crippen LogP contribution < -0.4 is 5.32 Å². The van der Waals surface area contributed by atoms with Crippen LogP contribution in [0.15, 0.2) is 24.3 Å². The first-order valence-electron chi connectivity index (χ1n) is 7.16. The molecule has 0 spiro atoms. The highest BCUT2D eigenvalue weighted by molar-refractivity contribution is 6.31. The maximum atomic E-state index is 12.3. The molecule has 0 unspecified atom stereocenters. The number of nitrogens with zero attached hydrogens (tertiary/aromatic N) is 2. The van der Waals surface area contributed by atoms with Crippen LogP contribution in [0.25, 0.3) is 0 Å². The molecule has 2 saturated heterocycles. The lowest BCUT2D eigenvalue weighted by molar-refractivity contribution is -0.135. The molecule has 116 valence electrons. The van der Waals surface area contributed by atoms with Gasteiger partial charge in [0.25, 0.3) is 5.91 Å². The highest BCUT2D eigenvalue weighted by Crippen LogP contribution is 2.31. The molecule has 1 aromatic carbocycles. The number of halogens is 1. The second kappa shape index (κ2) is 5.96. The van der Waals surface area contributed by atoms with Gasteiger partial charge in [0, 0.05) is 24.0 Å². The van der Waals surface area contributed by atoms with E-state index in [1.54, 1.807) is 4.90 Å². The van der Waals surface area contributed by atoms with Gasteiger partial charge < -0.3 is 10.2 Å². The van der Waals surface area contributed by atoms with Gasteiger partial charge in [-0.25, -0.2) is 4.79 Å². The lowest BCUT2D eigenvalue weighted by atomic mass is 9.98. The quantitative estimate of drug-likeness (QED) is 0.851. The van der Waals surface area contributed by atoms with Gasteiger partial charge in [-0.05, 0) is 18.1 Å². The van der Waals surface area contributed by atoms with E-state index in [4.69, 9.17) is 11.6 Å². The molecule has 1 atom stereocenters. The predicted octanol–water partition coefficient (Wildman–Crippen LogP) is 1.21. The Hall–Kier alpha value is -2.08. The van der Waals surface area contributed by atoms with Crippen LogP contribution >= 0.6 is 11.6 Å². The number of rotatable bonds is 3. The molecule has 0 aliphatic carbocycles. The molecule has 2 aliphatic rings. The Bertz CT molecular complexity index is 618. The van der Waals surface area contributed by atoms with Crippen molar-refractivity contribution in [2.24, 2.45) is 0 Å². The smallest absolute Gasteiger partial charge is 0.325 e. The molecule has 2 heterocycles. The first-order valence-corrected chi connectivity index (χ1v) is 7.54. The molecular weight excluding hydrogens is 306 g/mol. The Kier molecular flexibility index (Phi) is 4.02. The normalized spacial score (nSPS) is 21.4. The summed E-state index contributed by atoms with van der Waals surface area (Å²) in [7, 11) is 0. The van der Waals surface area contributed by atoms with Crippen LogP contribution in [0.2, 0.25) is 5.02 Å². The summed E-state index contributed by atoms with van der Waals surface area (Å²) < 4.78 is 0. The number of amides is 4. The molecule has 0 bridgehead atoms. The van der Waals surface area contributed by atoms with Crippen molar-refractivity contribution in [1.29, 1.82) is 0 Å². The average molecular weight is 322 g/mol. The zero-order valence-corrected chi connectivity index (χ0v) is 12.7. The first kappa shape index (κ1) is 14.8. The summed E-state index contributed by atoms with van der Waals surface area (Å²) in [5, 5.41) is 3.11. The molecule has 0 aromatic heterocycles. The maximum absolute atomic E-state index is 12.3. The van der Waals surface area contributed by atoms with Gasteiger partial charge in [-0.2, -0.15) is 0 Å². The molecule has 0 saturated carbocycles. The van der Waals surface area contributed by atoms with Gasteiger partial charge in [0.15, 0.2) is 0 Å². The van der Waals surface area contributed by atoms with Gasteiger partial charge in [0.2, 0.25) is 5.91 Å². The van der Waals surface area contributed by atoms with Gasteiger partial charge in [-0.1, -0.05) is 29.8 Å². The third-order valence-corrected chi connectivity index (χ3v) is 4.46. The van der Waals surface area contributed by atoms with Crippen molar-refractivity contribution in [3.8, 4) is 0 Å². The van der Waals surface area contributed by atoms with E-state index in [1.165, 1.54) is 0 Å². The minimum atomic E-state index is -0.500. The molecule has 0 radical (unpaired) electrons. The van der Waals surface area contributed by atoms with Crippen LogP contribution in [0, 0.1) is 0 Å². The Morgan fingerprint density at radius 2 is 2.09 bits per heavy atom. The largest absolute Gasteiger partial charge is 0.341 e. The zero-order chi connectivity index (χ0) is 15.7. The van der Waals surface area contributed by atoms with Gasteiger partial charge >= 0.3 is 6.03 Å². The summed E-state index contributed by atoms with van der Waals surface area (Å²) in [5.74, 6) is -0.374. The summed E-state index contributed by atoms with van der Waals surface area (Å²) in [6, 6.07) is 7.12. The fraction of sp³-hybridized carbons (Fsp3) is 0.400. The molecule has 4 amide bonds. The fourth-order valence-corrected chi connectivity index (χ4v) is 3.19. The monoisotopic (exact) mass is 321 g/mol. The number of carbonyl (C=O) groups is 3. The molecular formula is C15H16ClN3O3. The maximum Gasteiger partial charge on any atom is 0.325 e. The zero-order valence-electron chi connectivity index (χ0n) is 11.9. The Labute approximate surface area is 133 Å². The molecule has 2 fully saturated rings. The van der Waals surface area contributed by atoms with Crippen molar-refractivity contribution in [1.82, 2.24) is 15.1 Å². The van der Waals surface area contributed by atoms with Gasteiger partial charge in [0.05, 0.1) is 6.54 Å². The number of hydrogen-bond acceptors (Lipinski definition) is 3. The molecule has 1 N–H and O–H groups in total. The van der Waals surface area contributed by atoms with Crippen LogP contribution in [0.4, 0.5) is 4.79 Å². The standard InChI is InChI=1S/C15H16ClN3O3/c16-12-4-2-1-3-11(12)10-5-6-18(8-10)14(21)9-19-13(20)7-17-15(19)22/h1-4,10H,5-9H2,(H,17,22)/t10-/m1/s1. The minimum absolute atomic E-state index is 0.0334. The predicted molar refractivity (Wildman–Crippen MR) is 80.5 cm³/mol. The van der Waals surface area contributed by atoms with Crippen molar-refractivity contribution in [3.05, 3.63) is 34.9 Å². The third kappa shape index (κ3) is 2.78. The summed E-state index contributed by atoms with van der Waals surface area (Å²) in [6.45, 7) is 0.943. The van der Waals surface area contributed by atoms with Crippen molar-refractivity contribution >= 4 is 29.4 Å². The number of benzene rings is 1. The van der Waals surface area contributed by atoms with Crippen LogP contribution in [0.5, 0.6) is 0 Å². The number of carbonyl (C=O) groups excluding carboxylic acids is 3. The molecule has 2 aliphatic heterocycles. The van der Waals surface area contributed by atoms with Gasteiger partial charge in [-0.15, -0.1) is 0 Å². The van der Waals surface area contributed by atoms with Crippen molar-refractivity contribution in [2.75, 3.05) is 26.2 Å². The molecule has 1 aromatic rings. The summed E-state index contributed by atoms with van der Waals surface area (Å²) in [6.07, 6.45) is 0.829. The summed E-state index contributed by atoms with van der Waals surface area (Å²) >= 11 is 6.20. The van der Waals surface area contributed by atoms with E-state index >= 15 is 0 Å². The number of nitrogens with one attached hydrogen (secondary N) is 1. The summed E-state index contributed by atoms with van der Waals surface area (Å²) in [5.41, 5.74) is 1.04. The van der Waals surface area contributed by atoms with Gasteiger partial charge in [0.1, 0.15) is 6.54 Å². The van der Waals surface area contributed by atoms with E-state index in [1.807, 2.05) is 24.3 Å². The summed E-state index contributed by atoms with van der Waals surface area (Å²) in [4.78, 5) is 37.9. The van der Waals surface area contributed by atoms with E-state index in [-0.39, 0.29) is 30.8 Å². The Morgan fingerprint density at radius 1 is 1.32 bits per heavy atom. The highest BCUT2D eigenvalue weighted by atomic mass is 35.5. The lowest BCUT2D eigenvalue weighted by Crippen LogP contribution is -2.42. The SMILES string of the molecule is O=C(CN1C(=O)CNC1=O)N1CC[C@@H](c2ccccc2Cl)C1. The number of imide groups is 1. The first-order chi connectivity index (χ1) is 10.6. The van der Waals surface area contributed by atoms with E-state index in [0.717, 1.165) is 16.9 Å². The fourth-order valence-electron chi connectivity index (χ4n) is 2.90. The minimum Gasteiger partial charge on any atom is -0.341 e. The van der Waals surface area contributed by atoms with Crippen LogP contribution in [-0.4, -0.2) is 53.8 Å². The molecule has 3 rings (SSSR count). The van der Waals surface area contributed by atoms with Crippen molar-refractivity contribution in [2.45, 2.75) is 12.3 Å². The van der Waals surface area contributed by atoms with E-state index in [9.17, 15) is 14.4 Å².